The van der Waals surface area contributed by atoms with Crippen LogP contribution in [0.5, 0.6) is 0 Å². The Hall–Kier alpha value is -2.43. The summed E-state index contributed by atoms with van der Waals surface area (Å²) in [6.07, 6.45) is 2.40. The fraction of sp³-hybridized carbons (Fsp3) is 0.154. The van der Waals surface area contributed by atoms with E-state index in [-0.39, 0.29) is 5.56 Å². The molecule has 90 valence electrons. The molecule has 2 heterocycles. The lowest BCUT2D eigenvalue weighted by molar-refractivity contribution is 0.944. The van der Waals surface area contributed by atoms with E-state index in [1.54, 1.807) is 6.20 Å². The molecular formula is C13H12N4O. The number of aromatic nitrogens is 4. The van der Waals surface area contributed by atoms with Crippen LogP contribution in [0.4, 0.5) is 0 Å². The predicted octanol–water partition coefficient (Wildman–Crippen LogP) is 1.88. The highest BCUT2D eigenvalue weighted by atomic mass is 16.1. The number of aromatic amines is 2. The zero-order chi connectivity index (χ0) is 12.5. The molecule has 2 aromatic heterocycles. The second kappa shape index (κ2) is 4.10. The molecule has 2 N–H and O–H groups in total. The van der Waals surface area contributed by atoms with Crippen LogP contribution in [0.3, 0.4) is 0 Å². The highest BCUT2D eigenvalue weighted by molar-refractivity contribution is 5.82. The Morgan fingerprint density at radius 2 is 2.17 bits per heavy atom. The van der Waals surface area contributed by atoms with E-state index in [2.05, 4.69) is 20.2 Å². The third kappa shape index (κ3) is 1.69. The van der Waals surface area contributed by atoms with E-state index >= 15 is 0 Å². The quantitative estimate of drug-likeness (QED) is 0.718. The van der Waals surface area contributed by atoms with Gasteiger partial charge < -0.3 is 4.98 Å². The van der Waals surface area contributed by atoms with Crippen molar-refractivity contribution >= 4 is 10.9 Å². The molecule has 0 aliphatic rings. The fourth-order valence-electron chi connectivity index (χ4n) is 1.94. The first kappa shape index (κ1) is 10.7. The zero-order valence-electron chi connectivity index (χ0n) is 9.90. The Morgan fingerprint density at radius 1 is 1.28 bits per heavy atom. The van der Waals surface area contributed by atoms with Gasteiger partial charge in [0, 0.05) is 18.2 Å². The summed E-state index contributed by atoms with van der Waals surface area (Å²) in [4.78, 5) is 19.1. The molecule has 0 saturated carbocycles. The van der Waals surface area contributed by atoms with Gasteiger partial charge in [-0.3, -0.25) is 9.89 Å². The number of hydrogen-bond acceptors (Lipinski definition) is 3. The maximum Gasteiger partial charge on any atom is 0.258 e. The number of nitrogens with one attached hydrogen (secondary N) is 2. The summed E-state index contributed by atoms with van der Waals surface area (Å²) in [7, 11) is 0. The summed E-state index contributed by atoms with van der Waals surface area (Å²) in [6, 6.07) is 7.49. The molecule has 3 rings (SSSR count). The normalized spacial score (nSPS) is 10.9. The van der Waals surface area contributed by atoms with Gasteiger partial charge in [0.05, 0.1) is 16.6 Å². The van der Waals surface area contributed by atoms with Crippen LogP contribution in [0.1, 0.15) is 12.7 Å². The van der Waals surface area contributed by atoms with Crippen molar-refractivity contribution in [1.82, 2.24) is 20.2 Å². The van der Waals surface area contributed by atoms with Crippen LogP contribution in [0, 0.1) is 0 Å². The second-order valence-electron chi connectivity index (χ2n) is 4.07. The van der Waals surface area contributed by atoms with Crippen molar-refractivity contribution in [3.8, 4) is 11.3 Å². The van der Waals surface area contributed by atoms with Crippen LogP contribution in [0.2, 0.25) is 0 Å². The minimum atomic E-state index is -0.0989. The van der Waals surface area contributed by atoms with Crippen LogP contribution in [-0.4, -0.2) is 20.2 Å². The van der Waals surface area contributed by atoms with E-state index in [1.165, 1.54) is 0 Å². The third-order valence-corrected chi connectivity index (χ3v) is 2.90. The summed E-state index contributed by atoms with van der Waals surface area (Å²) in [5.74, 6) is 0.710. The Labute approximate surface area is 103 Å². The Kier molecular flexibility index (Phi) is 2.44. The number of hydrogen-bond donors (Lipinski definition) is 2. The van der Waals surface area contributed by atoms with Gasteiger partial charge in [-0.1, -0.05) is 13.0 Å². The summed E-state index contributed by atoms with van der Waals surface area (Å²) in [5, 5.41) is 7.38. The van der Waals surface area contributed by atoms with E-state index in [0.29, 0.717) is 17.6 Å². The fourth-order valence-corrected chi connectivity index (χ4v) is 1.94. The molecule has 0 atom stereocenters. The van der Waals surface area contributed by atoms with Gasteiger partial charge in [0.15, 0.2) is 0 Å². The lowest BCUT2D eigenvalue weighted by Gasteiger charge is -2.02. The van der Waals surface area contributed by atoms with E-state index in [1.807, 2.05) is 31.2 Å². The van der Waals surface area contributed by atoms with Gasteiger partial charge in [-0.05, 0) is 18.2 Å². The van der Waals surface area contributed by atoms with Gasteiger partial charge >= 0.3 is 0 Å². The Bertz CT molecular complexity index is 743. The molecule has 5 nitrogen and oxygen atoms in total. The smallest absolute Gasteiger partial charge is 0.258 e. The second-order valence-corrected chi connectivity index (χ2v) is 4.07. The molecule has 0 aliphatic carbocycles. The molecule has 0 radical (unpaired) electrons. The van der Waals surface area contributed by atoms with E-state index in [9.17, 15) is 4.79 Å². The standard InChI is InChI=1S/C13H12N4O/c1-2-12-15-11-4-3-8(10-5-6-14-17-10)7-9(11)13(18)16-12/h3-7H,2H2,1H3,(H,14,17)(H,15,16,18). The highest BCUT2D eigenvalue weighted by Gasteiger charge is 2.05. The molecule has 3 aromatic rings. The molecule has 0 unspecified atom stereocenters. The number of aryl methyl sites for hydroxylation is 1. The molecule has 0 aliphatic heterocycles. The maximum atomic E-state index is 12.0. The molecule has 0 spiro atoms. The number of rotatable bonds is 2. The first-order valence-electron chi connectivity index (χ1n) is 5.80. The summed E-state index contributed by atoms with van der Waals surface area (Å²) >= 11 is 0. The van der Waals surface area contributed by atoms with Gasteiger partial charge in [-0.25, -0.2) is 4.98 Å². The molecule has 1 aromatic carbocycles. The Balaban J connectivity index is 2.24. The van der Waals surface area contributed by atoms with Crippen LogP contribution in [0.15, 0.2) is 35.3 Å². The molecule has 18 heavy (non-hydrogen) atoms. The largest absolute Gasteiger partial charge is 0.310 e. The first-order chi connectivity index (χ1) is 8.78. The number of nitrogens with zero attached hydrogens (tertiary/aromatic N) is 2. The lowest BCUT2D eigenvalue weighted by Crippen LogP contribution is -2.11. The van der Waals surface area contributed by atoms with Gasteiger partial charge in [0.1, 0.15) is 5.82 Å². The van der Waals surface area contributed by atoms with Gasteiger partial charge in [0.25, 0.3) is 5.56 Å². The summed E-state index contributed by atoms with van der Waals surface area (Å²) in [5.41, 5.74) is 2.43. The van der Waals surface area contributed by atoms with Crippen molar-refractivity contribution in [3.05, 3.63) is 46.6 Å². The van der Waals surface area contributed by atoms with E-state index in [4.69, 9.17) is 0 Å². The van der Waals surface area contributed by atoms with Crippen molar-refractivity contribution in [1.29, 1.82) is 0 Å². The minimum Gasteiger partial charge on any atom is -0.310 e. The van der Waals surface area contributed by atoms with E-state index in [0.717, 1.165) is 16.8 Å². The van der Waals surface area contributed by atoms with Crippen LogP contribution in [0.25, 0.3) is 22.2 Å². The molecule has 0 fully saturated rings. The van der Waals surface area contributed by atoms with Gasteiger partial charge in [-0.15, -0.1) is 0 Å². The average molecular weight is 240 g/mol. The van der Waals surface area contributed by atoms with Crippen LogP contribution >= 0.6 is 0 Å². The maximum absolute atomic E-state index is 12.0. The minimum absolute atomic E-state index is 0.0989. The number of fused-ring (bicyclic) bond motifs is 1. The number of H-pyrrole nitrogens is 2. The summed E-state index contributed by atoms with van der Waals surface area (Å²) < 4.78 is 0. The topological polar surface area (TPSA) is 74.4 Å². The number of benzene rings is 1. The van der Waals surface area contributed by atoms with Crippen molar-refractivity contribution in [2.24, 2.45) is 0 Å². The van der Waals surface area contributed by atoms with Crippen LogP contribution < -0.4 is 5.56 Å². The van der Waals surface area contributed by atoms with E-state index < -0.39 is 0 Å². The van der Waals surface area contributed by atoms with Crippen molar-refractivity contribution in [2.45, 2.75) is 13.3 Å². The van der Waals surface area contributed by atoms with Crippen LogP contribution in [-0.2, 0) is 6.42 Å². The summed E-state index contributed by atoms with van der Waals surface area (Å²) in [6.45, 7) is 1.96. The zero-order valence-corrected chi connectivity index (χ0v) is 9.90. The van der Waals surface area contributed by atoms with Gasteiger partial charge in [-0.2, -0.15) is 5.10 Å². The monoisotopic (exact) mass is 240 g/mol. The van der Waals surface area contributed by atoms with Crippen molar-refractivity contribution in [3.63, 3.8) is 0 Å². The van der Waals surface area contributed by atoms with Gasteiger partial charge in [0.2, 0.25) is 0 Å². The predicted molar refractivity (Wildman–Crippen MR) is 69.3 cm³/mol. The van der Waals surface area contributed by atoms with Crippen molar-refractivity contribution < 1.29 is 0 Å². The highest BCUT2D eigenvalue weighted by Crippen LogP contribution is 2.19. The molecular weight excluding hydrogens is 228 g/mol. The molecule has 0 amide bonds. The Morgan fingerprint density at radius 3 is 2.89 bits per heavy atom. The third-order valence-electron chi connectivity index (χ3n) is 2.90. The molecule has 0 bridgehead atoms. The first-order valence-corrected chi connectivity index (χ1v) is 5.80. The van der Waals surface area contributed by atoms with Crippen molar-refractivity contribution in [2.75, 3.05) is 0 Å². The average Bonchev–Trinajstić information content (AvgIpc) is 2.92. The molecule has 5 heteroatoms. The molecule has 0 saturated heterocycles. The lowest BCUT2D eigenvalue weighted by atomic mass is 10.1. The SMILES string of the molecule is CCc1nc2ccc(-c3ccn[nH]3)cc2c(=O)[nH]1.